The number of aliphatic carboxylic acids is 3. The highest BCUT2D eigenvalue weighted by molar-refractivity contribution is 5.97. The van der Waals surface area contributed by atoms with Crippen molar-refractivity contribution >= 4 is 52.4 Å². The van der Waals surface area contributed by atoms with Crippen molar-refractivity contribution < 1.29 is 48.9 Å². The summed E-state index contributed by atoms with van der Waals surface area (Å²) in [5.41, 5.74) is 11.8. The van der Waals surface area contributed by atoms with E-state index in [9.17, 15) is 43.8 Å². The van der Waals surface area contributed by atoms with Crippen LogP contribution in [0.25, 0.3) is 10.9 Å². The first-order valence-electron chi connectivity index (χ1n) is 11.4. The zero-order chi connectivity index (χ0) is 29.3. The lowest BCUT2D eigenvalue weighted by atomic mass is 10.0. The molecule has 2 aromatic rings. The average molecular weight is 549 g/mol. The Hall–Kier alpha value is -4.99. The van der Waals surface area contributed by atoms with Crippen LogP contribution in [-0.2, 0) is 40.0 Å². The molecule has 0 bridgehead atoms. The molecule has 1 aromatic heterocycles. The summed E-state index contributed by atoms with van der Waals surface area (Å²) >= 11 is 0. The highest BCUT2D eigenvalue weighted by atomic mass is 16.4. The van der Waals surface area contributed by atoms with Crippen molar-refractivity contribution in [3.05, 3.63) is 36.0 Å². The summed E-state index contributed by atoms with van der Waals surface area (Å²) in [5.74, 6) is -8.85. The number of aromatic nitrogens is 1. The van der Waals surface area contributed by atoms with Crippen LogP contribution in [0.1, 0.15) is 24.8 Å². The van der Waals surface area contributed by atoms with Crippen LogP contribution in [0.2, 0.25) is 0 Å². The molecule has 4 unspecified atom stereocenters. The lowest BCUT2D eigenvalue weighted by Crippen LogP contribution is -2.58. The van der Waals surface area contributed by atoms with E-state index in [-0.39, 0.29) is 6.42 Å². The Balaban J connectivity index is 2.32. The van der Waals surface area contributed by atoms with Crippen LogP contribution in [0.15, 0.2) is 30.5 Å². The first kappa shape index (κ1) is 30.2. The molecule has 0 radical (unpaired) electrons. The van der Waals surface area contributed by atoms with Crippen molar-refractivity contribution in [1.82, 2.24) is 20.9 Å². The summed E-state index contributed by atoms with van der Waals surface area (Å²) in [7, 11) is 0. The monoisotopic (exact) mass is 548 g/mol. The molecule has 2 rings (SSSR count). The van der Waals surface area contributed by atoms with Gasteiger partial charge in [-0.3, -0.25) is 28.8 Å². The van der Waals surface area contributed by atoms with E-state index < -0.39 is 85.0 Å². The predicted molar refractivity (Wildman–Crippen MR) is 132 cm³/mol. The van der Waals surface area contributed by atoms with Gasteiger partial charge in [-0.15, -0.1) is 0 Å². The van der Waals surface area contributed by atoms with E-state index in [1.165, 1.54) is 0 Å². The number of H-pyrrole nitrogens is 1. The Kier molecular flexibility index (Phi) is 10.5. The maximum atomic E-state index is 13.2. The summed E-state index contributed by atoms with van der Waals surface area (Å²) in [6.45, 7) is 0. The second-order valence-electron chi connectivity index (χ2n) is 8.56. The first-order chi connectivity index (χ1) is 18.3. The Labute approximate surface area is 220 Å². The lowest BCUT2D eigenvalue weighted by molar-refractivity contribution is -0.144. The van der Waals surface area contributed by atoms with E-state index in [1.54, 1.807) is 30.5 Å². The molecule has 4 amide bonds. The van der Waals surface area contributed by atoms with Gasteiger partial charge in [0.15, 0.2) is 0 Å². The molecule has 1 heterocycles. The third kappa shape index (κ3) is 9.12. The number of fused-ring (bicyclic) bond motifs is 1. The van der Waals surface area contributed by atoms with E-state index in [2.05, 4.69) is 15.6 Å². The van der Waals surface area contributed by atoms with E-state index in [4.69, 9.17) is 16.6 Å². The Morgan fingerprint density at radius 3 is 1.92 bits per heavy atom. The lowest BCUT2D eigenvalue weighted by Gasteiger charge is -2.24. The number of carbonyl (C=O) groups is 7. The second kappa shape index (κ2) is 13.5. The number of nitrogens with two attached hydrogens (primary N) is 2. The van der Waals surface area contributed by atoms with Gasteiger partial charge in [0.2, 0.25) is 23.6 Å². The maximum Gasteiger partial charge on any atom is 0.326 e. The molecule has 16 nitrogen and oxygen atoms in total. The number of hydrogen-bond donors (Lipinski definition) is 9. The second-order valence-corrected chi connectivity index (χ2v) is 8.56. The zero-order valence-electron chi connectivity index (χ0n) is 20.4. The van der Waals surface area contributed by atoms with Gasteiger partial charge in [0, 0.05) is 23.5 Å². The number of aromatic amines is 1. The SMILES string of the molecule is NC(=O)CC(NC(=O)C(CC(=O)O)NC(=O)C(Cc1c[nH]c2ccccc12)NC(=O)C(N)CC(=O)O)C(=O)O. The molecule has 11 N–H and O–H groups in total. The number of carboxylic acid groups (broad SMARTS) is 3. The van der Waals surface area contributed by atoms with Gasteiger partial charge in [0.25, 0.3) is 0 Å². The maximum absolute atomic E-state index is 13.2. The molecule has 0 aliphatic rings. The molecule has 0 fully saturated rings. The van der Waals surface area contributed by atoms with Gasteiger partial charge < -0.3 is 47.7 Å². The fourth-order valence-electron chi connectivity index (χ4n) is 3.62. The Morgan fingerprint density at radius 1 is 0.769 bits per heavy atom. The fourth-order valence-corrected chi connectivity index (χ4v) is 3.62. The molecular weight excluding hydrogens is 520 g/mol. The molecule has 0 saturated heterocycles. The van der Waals surface area contributed by atoms with Gasteiger partial charge in [-0.2, -0.15) is 0 Å². The van der Waals surface area contributed by atoms with Crippen LogP contribution < -0.4 is 27.4 Å². The predicted octanol–water partition coefficient (Wildman–Crippen LogP) is -2.60. The number of hydrogen-bond acceptors (Lipinski definition) is 8. The topological polar surface area (TPSA) is 284 Å². The highest BCUT2D eigenvalue weighted by Gasteiger charge is 2.32. The van der Waals surface area contributed by atoms with Crippen molar-refractivity contribution in [2.45, 2.75) is 49.9 Å². The minimum atomic E-state index is -1.82. The third-order valence-electron chi connectivity index (χ3n) is 5.49. The van der Waals surface area contributed by atoms with Gasteiger partial charge in [-0.05, 0) is 11.6 Å². The largest absolute Gasteiger partial charge is 0.481 e. The number of carboxylic acids is 3. The number of benzene rings is 1. The summed E-state index contributed by atoms with van der Waals surface area (Å²) in [4.78, 5) is 86.3. The van der Waals surface area contributed by atoms with Gasteiger partial charge >= 0.3 is 17.9 Å². The van der Waals surface area contributed by atoms with Crippen molar-refractivity contribution in [2.24, 2.45) is 11.5 Å². The van der Waals surface area contributed by atoms with E-state index in [1.807, 2.05) is 5.32 Å². The van der Waals surface area contributed by atoms with Crippen LogP contribution >= 0.6 is 0 Å². The van der Waals surface area contributed by atoms with Gasteiger partial charge in [0.1, 0.15) is 18.1 Å². The van der Waals surface area contributed by atoms with Crippen LogP contribution in [0.3, 0.4) is 0 Å². The van der Waals surface area contributed by atoms with Crippen molar-refractivity contribution in [3.63, 3.8) is 0 Å². The molecule has 16 heteroatoms. The standard InChI is InChI=1S/C23H28N6O10/c24-12(6-18(31)32)20(35)27-14(5-10-9-26-13-4-2-1-3-11(10)13)21(36)28-15(8-19(33)34)22(37)29-16(23(38)39)7-17(25)30/h1-4,9,12,14-16,26H,5-8,24H2,(H2,25,30)(H,27,35)(H,28,36)(H,29,37)(H,31,32)(H,33,34)(H,38,39). The highest BCUT2D eigenvalue weighted by Crippen LogP contribution is 2.19. The molecule has 0 aliphatic heterocycles. The molecule has 0 spiro atoms. The molecule has 0 aliphatic carbocycles. The molecular formula is C23H28N6O10. The molecule has 39 heavy (non-hydrogen) atoms. The van der Waals surface area contributed by atoms with E-state index in [0.29, 0.717) is 16.5 Å². The van der Waals surface area contributed by atoms with Crippen LogP contribution in [0.5, 0.6) is 0 Å². The number of para-hydroxylation sites is 1. The Morgan fingerprint density at radius 2 is 1.33 bits per heavy atom. The fraction of sp³-hybridized carbons (Fsp3) is 0.348. The number of primary amides is 1. The summed E-state index contributed by atoms with van der Waals surface area (Å²) < 4.78 is 0. The summed E-state index contributed by atoms with van der Waals surface area (Å²) in [6.07, 6.45) is -1.13. The van der Waals surface area contributed by atoms with Crippen molar-refractivity contribution in [3.8, 4) is 0 Å². The Bertz CT molecular complexity index is 1280. The van der Waals surface area contributed by atoms with Crippen LogP contribution in [0, 0.1) is 0 Å². The quantitative estimate of drug-likeness (QED) is 0.111. The molecule has 1 aromatic carbocycles. The van der Waals surface area contributed by atoms with Crippen molar-refractivity contribution in [1.29, 1.82) is 0 Å². The molecule has 4 atom stereocenters. The van der Waals surface area contributed by atoms with Gasteiger partial charge in [-0.1, -0.05) is 18.2 Å². The molecule has 210 valence electrons. The van der Waals surface area contributed by atoms with E-state index >= 15 is 0 Å². The minimum absolute atomic E-state index is 0.178. The normalized spacial score (nSPS) is 13.9. The first-order valence-corrected chi connectivity index (χ1v) is 11.4. The van der Waals surface area contributed by atoms with Crippen LogP contribution in [0.4, 0.5) is 0 Å². The van der Waals surface area contributed by atoms with Gasteiger partial charge in [0.05, 0.1) is 25.3 Å². The zero-order valence-corrected chi connectivity index (χ0v) is 20.4. The average Bonchev–Trinajstić information content (AvgIpc) is 3.24. The van der Waals surface area contributed by atoms with E-state index in [0.717, 1.165) is 0 Å². The van der Waals surface area contributed by atoms with Crippen molar-refractivity contribution in [2.75, 3.05) is 0 Å². The number of carbonyl (C=O) groups excluding carboxylic acids is 4. The number of amides is 4. The summed E-state index contributed by atoms with van der Waals surface area (Å²) in [5, 5.41) is 34.5. The third-order valence-corrected chi connectivity index (χ3v) is 5.49. The van der Waals surface area contributed by atoms with Crippen LogP contribution in [-0.4, -0.2) is 86.0 Å². The summed E-state index contributed by atoms with van der Waals surface area (Å²) in [6, 6.07) is 0.391. The number of rotatable bonds is 15. The van der Waals surface area contributed by atoms with Gasteiger partial charge in [-0.25, -0.2) is 4.79 Å². The minimum Gasteiger partial charge on any atom is -0.481 e. The number of nitrogens with one attached hydrogen (secondary N) is 4. The molecule has 0 saturated carbocycles. The smallest absolute Gasteiger partial charge is 0.326 e.